The number of nitrogens with one attached hydrogen (secondary N) is 1. The fourth-order valence-corrected chi connectivity index (χ4v) is 6.87. The fraction of sp³-hybridized carbons (Fsp3) is 0.583. The third-order valence-corrected chi connectivity index (χ3v) is 9.12. The number of pyridine rings is 1. The van der Waals surface area contributed by atoms with Crippen molar-refractivity contribution in [1.82, 2.24) is 18.8 Å². The quantitative estimate of drug-likeness (QED) is 0.607. The molecule has 1 saturated carbocycles. The normalized spacial score (nSPS) is 27.0. The van der Waals surface area contributed by atoms with Crippen molar-refractivity contribution < 1.29 is 18.3 Å². The van der Waals surface area contributed by atoms with Gasteiger partial charge in [0.2, 0.25) is 16.0 Å². The van der Waals surface area contributed by atoms with Crippen molar-refractivity contribution in [3.05, 3.63) is 39.2 Å². The SMILES string of the molecule is C[C@@]1(O)CCC[C@H]1n1c(=O)c(C#N)cc2cnc(NC3CCN(S(=O)(=O)/C=C4\CCOC4)CC3)nc21. The molecule has 5 rings (SSSR count). The smallest absolute Gasteiger partial charge is 0.270 e. The monoisotopic (exact) mass is 514 g/mol. The van der Waals surface area contributed by atoms with Gasteiger partial charge in [-0.15, -0.1) is 0 Å². The predicted molar refractivity (Wildman–Crippen MR) is 133 cm³/mol. The van der Waals surface area contributed by atoms with Gasteiger partial charge in [0.1, 0.15) is 17.3 Å². The van der Waals surface area contributed by atoms with Crippen LogP contribution < -0.4 is 10.9 Å². The van der Waals surface area contributed by atoms with E-state index in [9.17, 15) is 23.6 Å². The highest BCUT2D eigenvalue weighted by atomic mass is 32.2. The van der Waals surface area contributed by atoms with Crippen molar-refractivity contribution in [3.8, 4) is 6.07 Å². The predicted octanol–water partition coefficient (Wildman–Crippen LogP) is 1.65. The van der Waals surface area contributed by atoms with Crippen LogP contribution in [0.1, 0.15) is 57.1 Å². The molecule has 1 aliphatic carbocycles. The maximum atomic E-state index is 13.1. The van der Waals surface area contributed by atoms with Crippen LogP contribution in [0, 0.1) is 11.3 Å². The first-order valence-electron chi connectivity index (χ1n) is 12.3. The van der Waals surface area contributed by atoms with E-state index in [1.54, 1.807) is 13.1 Å². The molecule has 0 spiro atoms. The van der Waals surface area contributed by atoms with E-state index >= 15 is 0 Å². The van der Waals surface area contributed by atoms with Gasteiger partial charge in [0.15, 0.2) is 0 Å². The summed E-state index contributed by atoms with van der Waals surface area (Å²) in [5.74, 6) is 0.324. The molecule has 3 aliphatic rings. The highest BCUT2D eigenvalue weighted by Crippen LogP contribution is 2.39. The van der Waals surface area contributed by atoms with E-state index in [1.807, 2.05) is 6.07 Å². The van der Waals surface area contributed by atoms with Crippen molar-refractivity contribution in [1.29, 1.82) is 5.26 Å². The van der Waals surface area contributed by atoms with Crippen LogP contribution in [0.25, 0.3) is 11.0 Å². The number of aromatic nitrogens is 3. The van der Waals surface area contributed by atoms with Crippen LogP contribution in [0.4, 0.5) is 5.95 Å². The summed E-state index contributed by atoms with van der Waals surface area (Å²) in [6.45, 7) is 3.38. The maximum absolute atomic E-state index is 13.1. The number of hydrogen-bond donors (Lipinski definition) is 2. The molecule has 12 heteroatoms. The Kier molecular flexibility index (Phi) is 6.59. The average molecular weight is 515 g/mol. The minimum Gasteiger partial charge on any atom is -0.388 e. The van der Waals surface area contributed by atoms with Gasteiger partial charge in [0.25, 0.3) is 5.56 Å². The average Bonchev–Trinajstić information content (AvgIpc) is 3.47. The summed E-state index contributed by atoms with van der Waals surface area (Å²) < 4.78 is 33.6. The first kappa shape index (κ1) is 24.8. The number of aliphatic hydroxyl groups is 1. The summed E-state index contributed by atoms with van der Waals surface area (Å²) in [5, 5.41) is 25.5. The molecule has 3 fully saturated rings. The summed E-state index contributed by atoms with van der Waals surface area (Å²) >= 11 is 0. The molecular formula is C24H30N6O5S. The van der Waals surface area contributed by atoms with Gasteiger partial charge in [-0.1, -0.05) is 0 Å². The minimum absolute atomic E-state index is 0.0118. The van der Waals surface area contributed by atoms with Gasteiger partial charge in [-0.05, 0) is 57.1 Å². The standard InChI is InChI=1S/C24H30N6O5S/c1-24(32)7-2-3-20(24)30-21-18(11-17(12-25)22(30)31)13-26-23(28-21)27-19-4-8-29(9-5-19)36(33,34)15-16-6-10-35-14-16/h11,13,15,19-20,32H,2-10,14H2,1H3,(H,26,27,28)/b16-15+/t20-,24-/m1/s1. The van der Waals surface area contributed by atoms with Crippen molar-refractivity contribution in [2.45, 2.75) is 63.1 Å². The molecule has 2 aliphatic heterocycles. The molecule has 11 nitrogen and oxygen atoms in total. The number of piperidine rings is 1. The Morgan fingerprint density at radius 1 is 1.33 bits per heavy atom. The minimum atomic E-state index is -3.49. The lowest BCUT2D eigenvalue weighted by Crippen LogP contribution is -2.42. The molecule has 0 aromatic carbocycles. The number of ether oxygens (including phenoxy) is 1. The number of nitrogens with zero attached hydrogens (tertiary/aromatic N) is 5. The second-order valence-electron chi connectivity index (χ2n) is 10.0. The molecule has 0 bridgehead atoms. The molecule has 2 saturated heterocycles. The highest BCUT2D eigenvalue weighted by molar-refractivity contribution is 7.92. The first-order chi connectivity index (χ1) is 17.2. The number of anilines is 1. The van der Waals surface area contributed by atoms with Gasteiger partial charge in [-0.2, -0.15) is 14.6 Å². The van der Waals surface area contributed by atoms with E-state index in [4.69, 9.17) is 4.74 Å². The summed E-state index contributed by atoms with van der Waals surface area (Å²) in [6.07, 6.45) is 5.32. The van der Waals surface area contributed by atoms with Crippen molar-refractivity contribution in [2.24, 2.45) is 0 Å². The van der Waals surface area contributed by atoms with Gasteiger partial charge < -0.3 is 15.2 Å². The largest absolute Gasteiger partial charge is 0.388 e. The Balaban J connectivity index is 1.37. The Morgan fingerprint density at radius 3 is 2.75 bits per heavy atom. The summed E-state index contributed by atoms with van der Waals surface area (Å²) in [7, 11) is -3.49. The van der Waals surface area contributed by atoms with E-state index < -0.39 is 27.2 Å². The molecule has 0 amide bonds. The molecule has 2 aromatic heterocycles. The summed E-state index contributed by atoms with van der Waals surface area (Å²) in [5.41, 5.74) is -0.396. The van der Waals surface area contributed by atoms with Gasteiger partial charge in [0, 0.05) is 36.1 Å². The third kappa shape index (κ3) is 4.76. The maximum Gasteiger partial charge on any atom is 0.270 e. The van der Waals surface area contributed by atoms with Crippen molar-refractivity contribution in [3.63, 3.8) is 0 Å². The number of fused-ring (bicyclic) bond motifs is 1. The number of rotatable bonds is 5. The molecule has 0 unspecified atom stereocenters. The second-order valence-corrected chi connectivity index (χ2v) is 11.8. The first-order valence-corrected chi connectivity index (χ1v) is 13.8. The van der Waals surface area contributed by atoms with Crippen LogP contribution in [0.3, 0.4) is 0 Å². The van der Waals surface area contributed by atoms with Crippen LogP contribution in [0.15, 0.2) is 28.0 Å². The molecule has 2 atom stereocenters. The van der Waals surface area contributed by atoms with E-state index in [0.29, 0.717) is 75.4 Å². The van der Waals surface area contributed by atoms with E-state index in [2.05, 4.69) is 15.3 Å². The van der Waals surface area contributed by atoms with Crippen molar-refractivity contribution in [2.75, 3.05) is 31.6 Å². The topological polar surface area (TPSA) is 150 Å². The fourth-order valence-electron chi connectivity index (χ4n) is 5.39. The van der Waals surface area contributed by atoms with Crippen LogP contribution in [-0.4, -0.2) is 70.3 Å². The molecule has 0 radical (unpaired) electrons. The Morgan fingerprint density at radius 2 is 2.11 bits per heavy atom. The Hall–Kier alpha value is -2.85. The third-order valence-electron chi connectivity index (χ3n) is 7.40. The Labute approximate surface area is 209 Å². The molecule has 4 heterocycles. The van der Waals surface area contributed by atoms with E-state index in [-0.39, 0.29) is 11.6 Å². The highest BCUT2D eigenvalue weighted by Gasteiger charge is 2.40. The molecule has 2 N–H and O–H groups in total. The van der Waals surface area contributed by atoms with Crippen molar-refractivity contribution >= 4 is 27.0 Å². The molecule has 192 valence electrons. The van der Waals surface area contributed by atoms with Gasteiger partial charge in [-0.3, -0.25) is 9.36 Å². The van der Waals surface area contributed by atoms with Crippen LogP contribution >= 0.6 is 0 Å². The van der Waals surface area contributed by atoms with E-state index in [1.165, 1.54) is 20.3 Å². The lowest BCUT2D eigenvalue weighted by Gasteiger charge is -2.31. The van der Waals surface area contributed by atoms with Gasteiger partial charge >= 0.3 is 0 Å². The zero-order chi connectivity index (χ0) is 25.5. The molecule has 36 heavy (non-hydrogen) atoms. The van der Waals surface area contributed by atoms with E-state index in [0.717, 1.165) is 12.0 Å². The number of sulfonamides is 1. The lowest BCUT2D eigenvalue weighted by atomic mass is 9.99. The Bertz CT molecular complexity index is 1390. The van der Waals surface area contributed by atoms with Gasteiger partial charge in [-0.25, -0.2) is 13.4 Å². The van der Waals surface area contributed by atoms with Crippen LogP contribution in [-0.2, 0) is 14.8 Å². The van der Waals surface area contributed by atoms with Crippen LogP contribution in [0.5, 0.6) is 0 Å². The molecular weight excluding hydrogens is 484 g/mol. The lowest BCUT2D eigenvalue weighted by molar-refractivity contribution is 0.0266. The number of nitriles is 1. The zero-order valence-electron chi connectivity index (χ0n) is 20.2. The summed E-state index contributed by atoms with van der Waals surface area (Å²) in [6, 6.07) is 2.90. The zero-order valence-corrected chi connectivity index (χ0v) is 21.0. The van der Waals surface area contributed by atoms with Crippen LogP contribution in [0.2, 0.25) is 0 Å². The molecule has 2 aromatic rings. The summed E-state index contributed by atoms with van der Waals surface area (Å²) in [4.78, 5) is 22.1. The van der Waals surface area contributed by atoms with Gasteiger partial charge in [0.05, 0.1) is 24.9 Å². The second kappa shape index (κ2) is 9.55. The number of hydrogen-bond acceptors (Lipinski definition) is 9.